The summed E-state index contributed by atoms with van der Waals surface area (Å²) in [5, 5.41) is 0. The summed E-state index contributed by atoms with van der Waals surface area (Å²) in [5.74, 6) is 0.525. The average Bonchev–Trinajstić information content (AvgIpc) is 2.11. The Labute approximate surface area is 77.1 Å². The maximum absolute atomic E-state index is 5.46. The molecule has 0 saturated heterocycles. The van der Waals surface area contributed by atoms with Crippen molar-refractivity contribution in [3.63, 3.8) is 0 Å². The second-order valence-electron chi connectivity index (χ2n) is 3.30. The number of hydrogen-bond donors (Lipinski definition) is 1. The maximum Gasteiger partial charge on any atom is 0.0711 e. The summed E-state index contributed by atoms with van der Waals surface area (Å²) in [6.45, 7) is 6.27. The fraction of sp³-hybridized carbons (Fsp3) is 0.600. The standard InChI is InChI=1S/C10H18BN/c1-8(6-11)4-5-9(2)10(3)7-12/h4,7,9H,5-6,12H2,1-3H3/b8-4+,10-7+. The predicted molar refractivity (Wildman–Crippen MR) is 56.0 cm³/mol. The smallest absolute Gasteiger partial charge is 0.0711 e. The van der Waals surface area contributed by atoms with Crippen molar-refractivity contribution in [2.24, 2.45) is 11.7 Å². The van der Waals surface area contributed by atoms with Crippen molar-refractivity contribution in [1.82, 2.24) is 0 Å². The Kier molecular flexibility index (Phi) is 5.60. The molecule has 12 heavy (non-hydrogen) atoms. The normalized spacial score (nSPS) is 16.2. The Hall–Kier alpha value is -0.655. The van der Waals surface area contributed by atoms with Gasteiger partial charge in [0.25, 0.3) is 0 Å². The third kappa shape index (κ3) is 4.27. The van der Waals surface area contributed by atoms with Crippen molar-refractivity contribution in [3.05, 3.63) is 23.4 Å². The highest BCUT2D eigenvalue weighted by atomic mass is 14.5. The van der Waals surface area contributed by atoms with E-state index in [1.807, 2.05) is 6.92 Å². The maximum atomic E-state index is 5.46. The van der Waals surface area contributed by atoms with Crippen LogP contribution >= 0.6 is 0 Å². The predicted octanol–water partition coefficient (Wildman–Crippen LogP) is 2.41. The molecule has 0 heterocycles. The van der Waals surface area contributed by atoms with Crippen LogP contribution in [0.4, 0.5) is 0 Å². The van der Waals surface area contributed by atoms with E-state index in [-0.39, 0.29) is 0 Å². The largest absolute Gasteiger partial charge is 0.405 e. The van der Waals surface area contributed by atoms with E-state index in [0.717, 1.165) is 6.42 Å². The molecule has 66 valence electrons. The molecule has 2 N–H and O–H groups in total. The molecule has 1 unspecified atom stereocenters. The van der Waals surface area contributed by atoms with Gasteiger partial charge in [0.05, 0.1) is 7.85 Å². The molecule has 1 nitrogen and oxygen atoms in total. The van der Waals surface area contributed by atoms with E-state index < -0.39 is 0 Å². The molecule has 0 aliphatic heterocycles. The van der Waals surface area contributed by atoms with Crippen LogP contribution in [0.25, 0.3) is 0 Å². The van der Waals surface area contributed by atoms with Gasteiger partial charge >= 0.3 is 0 Å². The van der Waals surface area contributed by atoms with E-state index >= 15 is 0 Å². The van der Waals surface area contributed by atoms with Crippen LogP contribution in [0.1, 0.15) is 27.2 Å². The Balaban J connectivity index is 3.94. The van der Waals surface area contributed by atoms with Gasteiger partial charge in [-0.15, -0.1) is 0 Å². The molecule has 0 aliphatic carbocycles. The summed E-state index contributed by atoms with van der Waals surface area (Å²) in [6, 6.07) is 0. The number of hydrogen-bond acceptors (Lipinski definition) is 1. The molecule has 0 amide bonds. The van der Waals surface area contributed by atoms with Crippen molar-refractivity contribution in [3.8, 4) is 0 Å². The second kappa shape index (κ2) is 5.93. The van der Waals surface area contributed by atoms with Gasteiger partial charge < -0.3 is 5.73 Å². The van der Waals surface area contributed by atoms with Gasteiger partial charge in [-0.05, 0) is 32.4 Å². The monoisotopic (exact) mass is 163 g/mol. The van der Waals surface area contributed by atoms with E-state index in [9.17, 15) is 0 Å². The van der Waals surface area contributed by atoms with Crippen LogP contribution in [0.15, 0.2) is 23.4 Å². The highest BCUT2D eigenvalue weighted by molar-refractivity contribution is 6.10. The first-order valence-electron chi connectivity index (χ1n) is 4.36. The van der Waals surface area contributed by atoms with Crippen molar-refractivity contribution < 1.29 is 0 Å². The van der Waals surface area contributed by atoms with E-state index in [4.69, 9.17) is 13.6 Å². The van der Waals surface area contributed by atoms with Crippen LogP contribution in [0.3, 0.4) is 0 Å². The zero-order valence-corrected chi connectivity index (χ0v) is 8.30. The van der Waals surface area contributed by atoms with E-state index in [1.165, 1.54) is 11.1 Å². The zero-order chi connectivity index (χ0) is 9.56. The van der Waals surface area contributed by atoms with Gasteiger partial charge in [-0.25, -0.2) is 0 Å². The van der Waals surface area contributed by atoms with Gasteiger partial charge in [0.15, 0.2) is 0 Å². The topological polar surface area (TPSA) is 26.0 Å². The molecule has 0 aromatic rings. The summed E-state index contributed by atoms with van der Waals surface area (Å²) in [7, 11) is 5.46. The summed E-state index contributed by atoms with van der Waals surface area (Å²) in [5.41, 5.74) is 7.88. The summed E-state index contributed by atoms with van der Waals surface area (Å²) in [4.78, 5) is 0. The molecule has 0 fully saturated rings. The minimum absolute atomic E-state index is 0.525. The minimum Gasteiger partial charge on any atom is -0.405 e. The zero-order valence-electron chi connectivity index (χ0n) is 8.30. The SMILES string of the molecule is [B]C/C(C)=C/CC(C)/C(C)=C/N. The molecule has 0 aromatic carbocycles. The van der Waals surface area contributed by atoms with Gasteiger partial charge in [0.2, 0.25) is 0 Å². The minimum atomic E-state index is 0.525. The molecular formula is C10H18BN. The van der Waals surface area contributed by atoms with Gasteiger partial charge in [-0.1, -0.05) is 30.5 Å². The van der Waals surface area contributed by atoms with E-state index in [2.05, 4.69) is 19.9 Å². The molecule has 0 bridgehead atoms. The van der Waals surface area contributed by atoms with Crippen molar-refractivity contribution in [2.75, 3.05) is 0 Å². The first-order chi connectivity index (χ1) is 5.61. The fourth-order valence-electron chi connectivity index (χ4n) is 0.811. The Morgan fingerprint density at radius 1 is 1.50 bits per heavy atom. The third-order valence-corrected chi connectivity index (χ3v) is 2.18. The molecule has 0 rings (SSSR count). The molecular weight excluding hydrogens is 145 g/mol. The Bertz CT molecular complexity index is 182. The average molecular weight is 163 g/mol. The molecule has 0 saturated carbocycles. The van der Waals surface area contributed by atoms with Gasteiger partial charge in [0, 0.05) is 0 Å². The highest BCUT2D eigenvalue weighted by Crippen LogP contribution is 2.14. The highest BCUT2D eigenvalue weighted by Gasteiger charge is 2.00. The number of allylic oxidation sites excluding steroid dienone is 3. The van der Waals surface area contributed by atoms with Crippen molar-refractivity contribution in [2.45, 2.75) is 33.5 Å². The Morgan fingerprint density at radius 3 is 2.50 bits per heavy atom. The molecule has 0 aliphatic rings. The molecule has 2 radical (unpaired) electrons. The fourth-order valence-corrected chi connectivity index (χ4v) is 0.811. The summed E-state index contributed by atoms with van der Waals surface area (Å²) < 4.78 is 0. The van der Waals surface area contributed by atoms with Crippen LogP contribution in [-0.4, -0.2) is 7.85 Å². The van der Waals surface area contributed by atoms with Crippen LogP contribution < -0.4 is 5.73 Å². The second-order valence-corrected chi connectivity index (χ2v) is 3.30. The lowest BCUT2D eigenvalue weighted by Gasteiger charge is -2.08. The lowest BCUT2D eigenvalue weighted by atomic mass is 9.94. The third-order valence-electron chi connectivity index (χ3n) is 2.18. The number of rotatable bonds is 4. The molecule has 1 atom stereocenters. The van der Waals surface area contributed by atoms with Crippen LogP contribution in [-0.2, 0) is 0 Å². The van der Waals surface area contributed by atoms with Gasteiger partial charge in [-0.3, -0.25) is 0 Å². The van der Waals surface area contributed by atoms with Crippen LogP contribution in [0.2, 0.25) is 6.32 Å². The molecule has 0 spiro atoms. The number of nitrogens with two attached hydrogens (primary N) is 1. The van der Waals surface area contributed by atoms with Crippen LogP contribution in [0.5, 0.6) is 0 Å². The van der Waals surface area contributed by atoms with E-state index in [0.29, 0.717) is 12.2 Å². The Morgan fingerprint density at radius 2 is 2.08 bits per heavy atom. The lowest BCUT2D eigenvalue weighted by molar-refractivity contribution is 0.690. The van der Waals surface area contributed by atoms with Gasteiger partial charge in [0.1, 0.15) is 0 Å². The van der Waals surface area contributed by atoms with Crippen molar-refractivity contribution >= 4 is 7.85 Å². The molecule has 2 heteroatoms. The lowest BCUT2D eigenvalue weighted by Crippen LogP contribution is -1.97. The first kappa shape index (κ1) is 11.3. The van der Waals surface area contributed by atoms with Gasteiger partial charge in [-0.2, -0.15) is 0 Å². The summed E-state index contributed by atoms with van der Waals surface area (Å²) in [6.07, 6.45) is 5.54. The first-order valence-corrected chi connectivity index (χ1v) is 4.36. The van der Waals surface area contributed by atoms with Crippen LogP contribution in [0, 0.1) is 5.92 Å². The molecule has 0 aromatic heterocycles. The quantitative estimate of drug-likeness (QED) is 0.499. The van der Waals surface area contributed by atoms with Crippen molar-refractivity contribution in [1.29, 1.82) is 0 Å². The van der Waals surface area contributed by atoms with E-state index in [1.54, 1.807) is 6.20 Å². The summed E-state index contributed by atoms with van der Waals surface area (Å²) >= 11 is 0.